The van der Waals surface area contributed by atoms with E-state index in [1.54, 1.807) is 0 Å². The largest absolute Gasteiger partial charge is 0.381 e. The Bertz CT molecular complexity index is 1000. The Labute approximate surface area is 197 Å². The number of likely N-dealkylation sites (tertiary alicyclic amines) is 1. The summed E-state index contributed by atoms with van der Waals surface area (Å²) in [7, 11) is 0. The second-order valence-corrected chi connectivity index (χ2v) is 9.93. The number of nitrogens with zero attached hydrogens (tertiary/aromatic N) is 4. The number of benzene rings is 1. The van der Waals surface area contributed by atoms with Crippen molar-refractivity contribution in [1.82, 2.24) is 14.9 Å². The first kappa shape index (κ1) is 22.5. The maximum Gasteiger partial charge on any atom is 0.228 e. The number of hydrogen-bond acceptors (Lipinski definition) is 5. The van der Waals surface area contributed by atoms with E-state index in [0.29, 0.717) is 24.9 Å². The molecule has 0 aliphatic carbocycles. The number of carbonyl (C=O) groups is 1. The van der Waals surface area contributed by atoms with Gasteiger partial charge in [-0.05, 0) is 64.5 Å². The van der Waals surface area contributed by atoms with Gasteiger partial charge < -0.3 is 4.74 Å². The topological polar surface area (TPSA) is 58.6 Å². The van der Waals surface area contributed by atoms with E-state index in [-0.39, 0.29) is 5.91 Å². The molecule has 4 heterocycles. The van der Waals surface area contributed by atoms with Crippen LogP contribution in [0.5, 0.6) is 0 Å². The van der Waals surface area contributed by atoms with Crippen molar-refractivity contribution in [3.05, 3.63) is 52.5 Å². The highest BCUT2D eigenvalue weighted by Gasteiger charge is 2.32. The molecule has 2 aromatic rings. The lowest BCUT2D eigenvalue weighted by Crippen LogP contribution is -2.45. The van der Waals surface area contributed by atoms with Gasteiger partial charge >= 0.3 is 0 Å². The van der Waals surface area contributed by atoms with E-state index in [2.05, 4.69) is 43.0 Å². The molecule has 1 atom stereocenters. The molecular weight excluding hydrogens is 412 g/mol. The summed E-state index contributed by atoms with van der Waals surface area (Å²) in [6.45, 7) is 8.80. The Kier molecular flexibility index (Phi) is 6.74. The third-order valence-corrected chi connectivity index (χ3v) is 7.59. The Morgan fingerprint density at radius 1 is 1.09 bits per heavy atom. The number of carbonyl (C=O) groups excluding carboxylic acids is 1. The number of aryl methyl sites for hydroxylation is 2. The molecule has 0 N–H and O–H groups in total. The van der Waals surface area contributed by atoms with Crippen LogP contribution >= 0.6 is 0 Å². The number of piperidine rings is 1. The van der Waals surface area contributed by atoms with Crippen LogP contribution in [0.25, 0.3) is 0 Å². The molecule has 0 spiro atoms. The van der Waals surface area contributed by atoms with E-state index in [1.807, 2.05) is 4.90 Å². The van der Waals surface area contributed by atoms with Gasteiger partial charge in [0.25, 0.3) is 0 Å². The van der Waals surface area contributed by atoms with E-state index < -0.39 is 0 Å². The molecule has 1 aromatic heterocycles. The molecule has 0 bridgehead atoms. The van der Waals surface area contributed by atoms with Crippen molar-refractivity contribution in [3.8, 4) is 0 Å². The molecule has 6 nitrogen and oxygen atoms in total. The van der Waals surface area contributed by atoms with E-state index >= 15 is 0 Å². The van der Waals surface area contributed by atoms with Crippen LogP contribution < -0.4 is 4.90 Å². The zero-order valence-electron chi connectivity index (χ0n) is 20.1. The summed E-state index contributed by atoms with van der Waals surface area (Å²) in [5.41, 5.74) is 4.72. The second kappa shape index (κ2) is 9.90. The molecule has 3 aliphatic rings. The summed E-state index contributed by atoms with van der Waals surface area (Å²) in [6.07, 6.45) is 6.68. The van der Waals surface area contributed by atoms with Crippen LogP contribution in [0.15, 0.2) is 24.3 Å². The predicted octanol–water partition coefficient (Wildman–Crippen LogP) is 3.97. The molecule has 5 rings (SSSR count). The third kappa shape index (κ3) is 4.97. The summed E-state index contributed by atoms with van der Waals surface area (Å²) in [4.78, 5) is 27.6. The summed E-state index contributed by atoms with van der Waals surface area (Å²) >= 11 is 0. The van der Waals surface area contributed by atoms with Gasteiger partial charge in [0, 0.05) is 55.9 Å². The Balaban J connectivity index is 1.37. The van der Waals surface area contributed by atoms with Crippen molar-refractivity contribution in [2.24, 2.45) is 0 Å². The SMILES string of the molecule is Cc1cccc(CCN2C(=O)CCc3c(C)nc([C@@H]4CCCN(C5CCOCC5)C4)nc32)c1. The molecule has 0 radical (unpaired) electrons. The van der Waals surface area contributed by atoms with Crippen molar-refractivity contribution in [2.45, 2.75) is 70.8 Å². The highest BCUT2D eigenvalue weighted by molar-refractivity contribution is 5.95. The Morgan fingerprint density at radius 3 is 2.76 bits per heavy atom. The van der Waals surface area contributed by atoms with Gasteiger partial charge in [0.2, 0.25) is 5.91 Å². The molecule has 0 saturated carbocycles. The molecule has 2 saturated heterocycles. The smallest absolute Gasteiger partial charge is 0.228 e. The van der Waals surface area contributed by atoms with Crippen molar-refractivity contribution in [3.63, 3.8) is 0 Å². The quantitative estimate of drug-likeness (QED) is 0.693. The highest BCUT2D eigenvalue weighted by Crippen LogP contribution is 2.33. The zero-order valence-corrected chi connectivity index (χ0v) is 20.1. The number of hydrogen-bond donors (Lipinski definition) is 0. The Hall–Kier alpha value is -2.31. The first-order valence-electron chi connectivity index (χ1n) is 12.6. The minimum absolute atomic E-state index is 0.187. The van der Waals surface area contributed by atoms with Gasteiger partial charge in [-0.1, -0.05) is 29.8 Å². The number of ether oxygens (including phenoxy) is 1. The molecule has 33 heavy (non-hydrogen) atoms. The lowest BCUT2D eigenvalue weighted by Gasteiger charge is -2.39. The van der Waals surface area contributed by atoms with E-state index in [4.69, 9.17) is 14.7 Å². The molecule has 176 valence electrons. The zero-order chi connectivity index (χ0) is 22.8. The van der Waals surface area contributed by atoms with Crippen LogP contribution in [0.3, 0.4) is 0 Å². The van der Waals surface area contributed by atoms with E-state index in [9.17, 15) is 4.79 Å². The lowest BCUT2D eigenvalue weighted by molar-refractivity contribution is -0.118. The van der Waals surface area contributed by atoms with E-state index in [1.165, 1.54) is 17.5 Å². The lowest BCUT2D eigenvalue weighted by atomic mass is 9.93. The fraction of sp³-hybridized carbons (Fsp3) is 0.593. The summed E-state index contributed by atoms with van der Waals surface area (Å²) < 4.78 is 5.57. The number of rotatable bonds is 5. The van der Waals surface area contributed by atoms with Crippen LogP contribution in [0.1, 0.15) is 66.2 Å². The van der Waals surface area contributed by atoms with Gasteiger partial charge in [-0.3, -0.25) is 14.6 Å². The Morgan fingerprint density at radius 2 is 1.94 bits per heavy atom. The number of anilines is 1. The highest BCUT2D eigenvalue weighted by atomic mass is 16.5. The molecule has 0 unspecified atom stereocenters. The van der Waals surface area contributed by atoms with Crippen LogP contribution in [-0.4, -0.2) is 59.7 Å². The number of fused-ring (bicyclic) bond motifs is 1. The van der Waals surface area contributed by atoms with Gasteiger partial charge in [0.05, 0.1) is 0 Å². The molecule has 6 heteroatoms. The van der Waals surface area contributed by atoms with Crippen LogP contribution in [0.2, 0.25) is 0 Å². The third-order valence-electron chi connectivity index (χ3n) is 7.59. The second-order valence-electron chi connectivity index (χ2n) is 9.93. The average molecular weight is 449 g/mol. The van der Waals surface area contributed by atoms with Crippen LogP contribution in [0, 0.1) is 13.8 Å². The average Bonchev–Trinajstić information content (AvgIpc) is 2.84. The fourth-order valence-electron chi connectivity index (χ4n) is 5.72. The van der Waals surface area contributed by atoms with Gasteiger partial charge in [0.15, 0.2) is 0 Å². The molecule has 1 aromatic carbocycles. The minimum atomic E-state index is 0.187. The normalized spacial score (nSPS) is 22.4. The molecule has 1 amide bonds. The summed E-state index contributed by atoms with van der Waals surface area (Å²) in [5.74, 6) is 2.32. The van der Waals surface area contributed by atoms with Crippen LogP contribution in [-0.2, 0) is 22.4 Å². The summed E-state index contributed by atoms with van der Waals surface area (Å²) in [6, 6.07) is 9.17. The maximum absolute atomic E-state index is 12.9. The molecule has 3 aliphatic heterocycles. The first-order valence-corrected chi connectivity index (χ1v) is 12.6. The van der Waals surface area contributed by atoms with E-state index in [0.717, 1.165) is 81.3 Å². The maximum atomic E-state index is 12.9. The van der Waals surface area contributed by atoms with Gasteiger partial charge in [-0.2, -0.15) is 0 Å². The summed E-state index contributed by atoms with van der Waals surface area (Å²) in [5, 5.41) is 0. The monoisotopic (exact) mass is 448 g/mol. The van der Waals surface area contributed by atoms with Gasteiger partial charge in [0.1, 0.15) is 11.6 Å². The van der Waals surface area contributed by atoms with Gasteiger partial charge in [-0.25, -0.2) is 9.97 Å². The van der Waals surface area contributed by atoms with Crippen LogP contribution in [0.4, 0.5) is 5.82 Å². The molecular formula is C27H36N4O2. The predicted molar refractivity (Wildman–Crippen MR) is 130 cm³/mol. The minimum Gasteiger partial charge on any atom is -0.381 e. The number of amides is 1. The van der Waals surface area contributed by atoms with Crippen molar-refractivity contribution in [2.75, 3.05) is 37.7 Å². The molecule has 2 fully saturated rings. The standard InChI is InChI=1S/C27H36N4O2/c1-19-5-3-6-21(17-19)10-14-31-25(32)9-8-24-20(2)28-26(29-27(24)31)22-7-4-13-30(18-22)23-11-15-33-16-12-23/h3,5-6,17,22-23H,4,7-16,18H2,1-2H3/t22-/m1/s1. The van der Waals surface area contributed by atoms with Crippen molar-refractivity contribution >= 4 is 11.7 Å². The van der Waals surface area contributed by atoms with Gasteiger partial charge in [-0.15, -0.1) is 0 Å². The van der Waals surface area contributed by atoms with Crippen molar-refractivity contribution < 1.29 is 9.53 Å². The number of aromatic nitrogens is 2. The fourth-order valence-corrected chi connectivity index (χ4v) is 5.72. The van der Waals surface area contributed by atoms with Crippen molar-refractivity contribution in [1.29, 1.82) is 0 Å². The first-order chi connectivity index (χ1) is 16.1.